The Morgan fingerprint density at radius 2 is 2.21 bits per heavy atom. The highest BCUT2D eigenvalue weighted by molar-refractivity contribution is 7.92. The normalized spacial score (nSPS) is 11.8. The smallest absolute Gasteiger partial charge is 0.229 e. The van der Waals surface area contributed by atoms with Crippen LogP contribution in [-0.4, -0.2) is 24.9 Å². The van der Waals surface area contributed by atoms with Gasteiger partial charge in [0.1, 0.15) is 0 Å². The number of aromatic amines is 1. The molecule has 0 bridgehead atoms. The van der Waals surface area contributed by atoms with Crippen molar-refractivity contribution in [2.45, 2.75) is 0 Å². The molecule has 1 aromatic heterocycles. The minimum absolute atomic E-state index is 0.516. The summed E-state index contributed by atoms with van der Waals surface area (Å²) in [6.07, 6.45) is 2.75. The van der Waals surface area contributed by atoms with Gasteiger partial charge in [0.25, 0.3) is 0 Å². The van der Waals surface area contributed by atoms with Gasteiger partial charge >= 0.3 is 0 Å². The van der Waals surface area contributed by atoms with E-state index < -0.39 is 10.0 Å². The van der Waals surface area contributed by atoms with Gasteiger partial charge in [0.15, 0.2) is 0 Å². The molecule has 1 heterocycles. The highest BCUT2D eigenvalue weighted by atomic mass is 32.2. The van der Waals surface area contributed by atoms with Crippen molar-refractivity contribution < 1.29 is 8.42 Å². The van der Waals surface area contributed by atoms with Crippen molar-refractivity contribution >= 4 is 26.6 Å². The van der Waals surface area contributed by atoms with Crippen LogP contribution in [0.3, 0.4) is 0 Å². The molecule has 74 valence electrons. The molecule has 0 aliphatic heterocycles. The summed E-state index contributed by atoms with van der Waals surface area (Å²) >= 11 is 0. The standard InChI is InChI=1S/C8H9N3O2S/c1-14(12,13)11-7-4-2-3-6-5-9-10-8(6)7/h2-5,11H,1H3,(H,9,10). The second-order valence-electron chi connectivity index (χ2n) is 3.01. The third-order valence-corrected chi connectivity index (χ3v) is 2.36. The van der Waals surface area contributed by atoms with Gasteiger partial charge in [0.2, 0.25) is 10.0 Å². The summed E-state index contributed by atoms with van der Waals surface area (Å²) in [6, 6.07) is 5.30. The molecular formula is C8H9N3O2S. The number of hydrogen-bond donors (Lipinski definition) is 2. The number of aromatic nitrogens is 2. The molecule has 2 rings (SSSR count). The molecule has 0 radical (unpaired) electrons. The molecule has 2 N–H and O–H groups in total. The number of nitrogens with one attached hydrogen (secondary N) is 2. The van der Waals surface area contributed by atoms with Crippen molar-refractivity contribution in [1.82, 2.24) is 10.2 Å². The molecule has 1 aromatic carbocycles. The third-order valence-electron chi connectivity index (χ3n) is 1.77. The summed E-state index contributed by atoms with van der Waals surface area (Å²) in [7, 11) is -3.24. The van der Waals surface area contributed by atoms with E-state index in [4.69, 9.17) is 0 Å². The van der Waals surface area contributed by atoms with Gasteiger partial charge in [-0.25, -0.2) is 8.42 Å². The van der Waals surface area contributed by atoms with Crippen molar-refractivity contribution in [3.63, 3.8) is 0 Å². The molecule has 0 saturated carbocycles. The quantitative estimate of drug-likeness (QED) is 0.776. The maximum atomic E-state index is 11.0. The zero-order valence-electron chi connectivity index (χ0n) is 7.48. The summed E-state index contributed by atoms with van der Waals surface area (Å²) < 4.78 is 24.5. The Morgan fingerprint density at radius 3 is 2.93 bits per heavy atom. The van der Waals surface area contributed by atoms with E-state index in [2.05, 4.69) is 14.9 Å². The van der Waals surface area contributed by atoms with E-state index in [-0.39, 0.29) is 0 Å². The Hall–Kier alpha value is -1.56. The van der Waals surface area contributed by atoms with E-state index in [1.165, 1.54) is 0 Å². The van der Waals surface area contributed by atoms with Crippen LogP contribution >= 0.6 is 0 Å². The van der Waals surface area contributed by atoms with Crippen molar-refractivity contribution in [1.29, 1.82) is 0 Å². The second-order valence-corrected chi connectivity index (χ2v) is 4.76. The number of hydrogen-bond acceptors (Lipinski definition) is 3. The van der Waals surface area contributed by atoms with E-state index in [9.17, 15) is 8.42 Å². The highest BCUT2D eigenvalue weighted by Gasteiger charge is 2.06. The maximum Gasteiger partial charge on any atom is 0.229 e. The number of nitrogens with zero attached hydrogens (tertiary/aromatic N) is 1. The Labute approximate surface area is 81.2 Å². The lowest BCUT2D eigenvalue weighted by Gasteiger charge is -2.03. The SMILES string of the molecule is CS(=O)(=O)Nc1cccc2cn[nH]c12. The zero-order chi connectivity index (χ0) is 10.2. The molecule has 0 saturated heterocycles. The molecule has 0 atom stereocenters. The van der Waals surface area contributed by atoms with Crippen LogP contribution in [0.5, 0.6) is 0 Å². The van der Waals surface area contributed by atoms with Crippen LogP contribution in [0.2, 0.25) is 0 Å². The summed E-state index contributed by atoms with van der Waals surface area (Å²) in [5, 5.41) is 7.44. The van der Waals surface area contributed by atoms with Crippen LogP contribution in [0.1, 0.15) is 0 Å². The molecule has 0 aliphatic rings. The van der Waals surface area contributed by atoms with E-state index >= 15 is 0 Å². The average molecular weight is 211 g/mol. The summed E-state index contributed by atoms with van der Waals surface area (Å²) in [6.45, 7) is 0. The number of benzene rings is 1. The number of sulfonamides is 1. The van der Waals surface area contributed by atoms with Crippen molar-refractivity contribution in [2.24, 2.45) is 0 Å². The fourth-order valence-electron chi connectivity index (χ4n) is 1.25. The van der Waals surface area contributed by atoms with E-state index in [0.717, 1.165) is 11.6 Å². The van der Waals surface area contributed by atoms with Crippen LogP contribution < -0.4 is 4.72 Å². The fourth-order valence-corrected chi connectivity index (χ4v) is 1.82. The average Bonchev–Trinajstić information content (AvgIpc) is 2.49. The van der Waals surface area contributed by atoms with Crippen LogP contribution in [-0.2, 0) is 10.0 Å². The number of H-pyrrole nitrogens is 1. The topological polar surface area (TPSA) is 74.8 Å². The molecule has 0 unspecified atom stereocenters. The molecule has 0 amide bonds. The molecule has 14 heavy (non-hydrogen) atoms. The number of fused-ring (bicyclic) bond motifs is 1. The van der Waals surface area contributed by atoms with E-state index in [1.54, 1.807) is 18.3 Å². The van der Waals surface area contributed by atoms with Gasteiger partial charge in [0.05, 0.1) is 23.7 Å². The molecule has 6 heteroatoms. The lowest BCUT2D eigenvalue weighted by molar-refractivity contribution is 0.607. The minimum Gasteiger partial charge on any atom is -0.282 e. The number of para-hydroxylation sites is 1. The Balaban J connectivity index is 2.57. The minimum atomic E-state index is -3.24. The van der Waals surface area contributed by atoms with Gasteiger partial charge in [0, 0.05) is 5.39 Å². The van der Waals surface area contributed by atoms with Gasteiger partial charge in [-0.05, 0) is 6.07 Å². The predicted molar refractivity (Wildman–Crippen MR) is 54.6 cm³/mol. The van der Waals surface area contributed by atoms with Crippen LogP contribution in [0, 0.1) is 0 Å². The Morgan fingerprint density at radius 1 is 1.43 bits per heavy atom. The largest absolute Gasteiger partial charge is 0.282 e. The van der Waals surface area contributed by atoms with Crippen molar-refractivity contribution in [3.8, 4) is 0 Å². The molecular weight excluding hydrogens is 202 g/mol. The van der Waals surface area contributed by atoms with Gasteiger partial charge in [-0.1, -0.05) is 12.1 Å². The van der Waals surface area contributed by atoms with Crippen LogP contribution in [0.15, 0.2) is 24.4 Å². The van der Waals surface area contributed by atoms with Crippen LogP contribution in [0.25, 0.3) is 10.9 Å². The van der Waals surface area contributed by atoms with E-state index in [0.29, 0.717) is 11.2 Å². The summed E-state index contributed by atoms with van der Waals surface area (Å²) in [4.78, 5) is 0. The fraction of sp³-hybridized carbons (Fsp3) is 0.125. The van der Waals surface area contributed by atoms with Crippen LogP contribution in [0.4, 0.5) is 5.69 Å². The highest BCUT2D eigenvalue weighted by Crippen LogP contribution is 2.20. The summed E-state index contributed by atoms with van der Waals surface area (Å²) in [5.41, 5.74) is 1.21. The first kappa shape index (κ1) is 9.01. The third kappa shape index (κ3) is 1.69. The molecule has 0 fully saturated rings. The predicted octanol–water partition coefficient (Wildman–Crippen LogP) is 0.934. The van der Waals surface area contributed by atoms with Crippen molar-refractivity contribution in [3.05, 3.63) is 24.4 Å². The Kier molecular flexibility index (Phi) is 1.92. The molecule has 2 aromatic rings. The molecule has 0 aliphatic carbocycles. The monoisotopic (exact) mass is 211 g/mol. The lowest BCUT2D eigenvalue weighted by Crippen LogP contribution is -2.09. The van der Waals surface area contributed by atoms with Gasteiger partial charge in [-0.15, -0.1) is 0 Å². The first-order chi connectivity index (χ1) is 6.56. The number of anilines is 1. The molecule has 5 nitrogen and oxygen atoms in total. The summed E-state index contributed by atoms with van der Waals surface area (Å²) in [5.74, 6) is 0. The van der Waals surface area contributed by atoms with E-state index in [1.807, 2.05) is 6.07 Å². The van der Waals surface area contributed by atoms with Gasteiger partial charge in [-0.2, -0.15) is 5.10 Å². The zero-order valence-corrected chi connectivity index (χ0v) is 8.30. The second kappa shape index (κ2) is 2.98. The van der Waals surface area contributed by atoms with Gasteiger partial charge in [-0.3, -0.25) is 9.82 Å². The van der Waals surface area contributed by atoms with Gasteiger partial charge < -0.3 is 0 Å². The number of rotatable bonds is 2. The van der Waals surface area contributed by atoms with Crippen molar-refractivity contribution in [2.75, 3.05) is 11.0 Å². The Bertz CT molecular complexity index is 559. The first-order valence-corrected chi connectivity index (χ1v) is 5.85. The lowest BCUT2D eigenvalue weighted by atomic mass is 10.2. The molecule has 0 spiro atoms. The maximum absolute atomic E-state index is 11.0. The first-order valence-electron chi connectivity index (χ1n) is 3.96.